The zero-order valence-corrected chi connectivity index (χ0v) is 14.4. The lowest BCUT2D eigenvalue weighted by Crippen LogP contribution is -2.35. The summed E-state index contributed by atoms with van der Waals surface area (Å²) in [6, 6.07) is 5.16. The number of nitrogens with zero attached hydrogens (tertiary/aromatic N) is 3. The number of likely N-dealkylation sites (tertiary alicyclic amines) is 1. The van der Waals surface area contributed by atoms with Gasteiger partial charge in [-0.15, -0.1) is 0 Å². The molecule has 0 amide bonds. The summed E-state index contributed by atoms with van der Waals surface area (Å²) in [7, 11) is 0. The molecule has 1 aliphatic heterocycles. The van der Waals surface area contributed by atoms with Gasteiger partial charge in [0.15, 0.2) is 0 Å². The third-order valence-electron chi connectivity index (χ3n) is 4.72. The molecule has 2 aromatic rings. The van der Waals surface area contributed by atoms with Crippen LogP contribution in [-0.2, 0) is 12.7 Å². The molecule has 26 heavy (non-hydrogen) atoms. The molecule has 1 atom stereocenters. The minimum atomic E-state index is -4.41. The molecule has 1 aromatic carbocycles. The third-order valence-corrected chi connectivity index (χ3v) is 4.72. The molecule has 1 saturated heterocycles. The number of alkyl halides is 3. The van der Waals surface area contributed by atoms with Crippen molar-refractivity contribution in [3.63, 3.8) is 0 Å². The van der Waals surface area contributed by atoms with Crippen LogP contribution >= 0.6 is 0 Å². The number of benzene rings is 1. The van der Waals surface area contributed by atoms with Gasteiger partial charge in [-0.25, -0.2) is 0 Å². The van der Waals surface area contributed by atoms with Crippen molar-refractivity contribution < 1.29 is 22.8 Å². The highest BCUT2D eigenvalue weighted by atomic mass is 19.4. The number of rotatable bonds is 5. The van der Waals surface area contributed by atoms with Gasteiger partial charge in [0.25, 0.3) is 0 Å². The molecule has 3 rings (SSSR count). The lowest BCUT2D eigenvalue weighted by molar-refractivity contribution is -0.137. The van der Waals surface area contributed by atoms with E-state index in [1.165, 1.54) is 12.1 Å². The second-order valence-electron chi connectivity index (χ2n) is 6.58. The minimum Gasteiger partial charge on any atom is -0.396 e. The largest absolute Gasteiger partial charge is 0.416 e. The normalized spacial score (nSPS) is 19.5. The van der Waals surface area contributed by atoms with Gasteiger partial charge in [-0.1, -0.05) is 30.1 Å². The maximum Gasteiger partial charge on any atom is 0.416 e. The molecule has 0 saturated carbocycles. The van der Waals surface area contributed by atoms with E-state index in [2.05, 4.69) is 15.0 Å². The molecule has 0 bridgehead atoms. The molecule has 142 valence electrons. The Morgan fingerprint density at radius 2 is 2.08 bits per heavy atom. The van der Waals surface area contributed by atoms with Gasteiger partial charge in [0, 0.05) is 18.2 Å². The maximum atomic E-state index is 12.9. The molecular weight excluding hydrogens is 347 g/mol. The highest BCUT2D eigenvalue weighted by Crippen LogP contribution is 2.31. The van der Waals surface area contributed by atoms with E-state index in [0.29, 0.717) is 18.9 Å². The van der Waals surface area contributed by atoms with Crippen LogP contribution in [0.15, 0.2) is 28.8 Å². The number of hydrogen-bond donors (Lipinski definition) is 1. The van der Waals surface area contributed by atoms with Crippen molar-refractivity contribution in [1.82, 2.24) is 15.0 Å². The predicted molar refractivity (Wildman–Crippen MR) is 89.1 cm³/mol. The summed E-state index contributed by atoms with van der Waals surface area (Å²) in [6.07, 6.45) is 0.630. The van der Waals surface area contributed by atoms with Crippen LogP contribution in [0.5, 0.6) is 0 Å². The molecule has 5 nitrogen and oxygen atoms in total. The van der Waals surface area contributed by atoms with Crippen molar-refractivity contribution in [2.75, 3.05) is 13.2 Å². The topological polar surface area (TPSA) is 62.4 Å². The van der Waals surface area contributed by atoms with Crippen molar-refractivity contribution in [3.05, 3.63) is 35.7 Å². The van der Waals surface area contributed by atoms with Crippen LogP contribution in [0.2, 0.25) is 0 Å². The highest BCUT2D eigenvalue weighted by Gasteiger charge is 2.31. The van der Waals surface area contributed by atoms with E-state index in [4.69, 9.17) is 4.52 Å². The smallest absolute Gasteiger partial charge is 0.396 e. The summed E-state index contributed by atoms with van der Waals surface area (Å²) in [4.78, 5) is 6.49. The predicted octanol–water partition coefficient (Wildman–Crippen LogP) is 3.88. The fourth-order valence-electron chi connectivity index (χ4n) is 3.37. The lowest BCUT2D eigenvalue weighted by Gasteiger charge is -2.27. The van der Waals surface area contributed by atoms with Gasteiger partial charge in [-0.3, -0.25) is 4.90 Å². The molecule has 2 heterocycles. The number of hydrogen-bond acceptors (Lipinski definition) is 5. The Balaban J connectivity index is 1.75. The summed E-state index contributed by atoms with van der Waals surface area (Å²) in [5.41, 5.74) is -0.463. The van der Waals surface area contributed by atoms with Gasteiger partial charge < -0.3 is 9.63 Å². The van der Waals surface area contributed by atoms with Crippen molar-refractivity contribution in [3.8, 4) is 11.4 Å². The monoisotopic (exact) mass is 369 g/mol. The second kappa shape index (κ2) is 8.18. The van der Waals surface area contributed by atoms with Crippen LogP contribution in [-0.4, -0.2) is 39.3 Å². The Bertz CT molecular complexity index is 718. The van der Waals surface area contributed by atoms with E-state index in [9.17, 15) is 18.3 Å². The molecule has 1 unspecified atom stereocenters. The molecule has 1 N–H and O–H groups in total. The Labute approximate surface area is 149 Å². The molecule has 8 heteroatoms. The average molecular weight is 369 g/mol. The van der Waals surface area contributed by atoms with Gasteiger partial charge in [-0.2, -0.15) is 18.2 Å². The molecular formula is C18H22F3N3O2. The van der Waals surface area contributed by atoms with Crippen LogP contribution in [0, 0.1) is 0 Å². The molecule has 0 aliphatic carbocycles. The van der Waals surface area contributed by atoms with E-state index in [1.54, 1.807) is 0 Å². The average Bonchev–Trinajstić information content (AvgIpc) is 2.97. The number of aliphatic hydroxyl groups is 1. The Morgan fingerprint density at radius 3 is 2.85 bits per heavy atom. The van der Waals surface area contributed by atoms with Crippen molar-refractivity contribution in [1.29, 1.82) is 0 Å². The van der Waals surface area contributed by atoms with Crippen LogP contribution in [0.3, 0.4) is 0 Å². The standard InChI is InChI=1S/C18H22F3N3O2/c19-18(20,21)14-6-4-5-13(11-14)17-22-16(26-23-17)12-24-9-3-1-2-7-15(24)8-10-25/h4-6,11,15,25H,1-3,7-10,12H2. The highest BCUT2D eigenvalue weighted by molar-refractivity contribution is 5.55. The number of aromatic nitrogens is 2. The zero-order valence-electron chi connectivity index (χ0n) is 14.4. The van der Waals surface area contributed by atoms with Crippen LogP contribution < -0.4 is 0 Å². The summed E-state index contributed by atoms with van der Waals surface area (Å²) in [5, 5.41) is 13.1. The van der Waals surface area contributed by atoms with E-state index in [0.717, 1.165) is 44.4 Å². The molecule has 1 aromatic heterocycles. The number of halogens is 3. The van der Waals surface area contributed by atoms with E-state index in [-0.39, 0.29) is 24.0 Å². The van der Waals surface area contributed by atoms with E-state index < -0.39 is 11.7 Å². The van der Waals surface area contributed by atoms with E-state index >= 15 is 0 Å². The first kappa shape index (κ1) is 18.8. The van der Waals surface area contributed by atoms with Crippen LogP contribution in [0.1, 0.15) is 43.6 Å². The Hall–Kier alpha value is -1.93. The minimum absolute atomic E-state index is 0.125. The Morgan fingerprint density at radius 1 is 1.23 bits per heavy atom. The Kier molecular flexibility index (Phi) is 5.93. The third kappa shape index (κ3) is 4.62. The summed E-state index contributed by atoms with van der Waals surface area (Å²) in [6.45, 7) is 1.45. The summed E-state index contributed by atoms with van der Waals surface area (Å²) >= 11 is 0. The second-order valence-corrected chi connectivity index (χ2v) is 6.58. The van der Waals surface area contributed by atoms with Gasteiger partial charge in [0.2, 0.25) is 11.7 Å². The molecule has 1 fully saturated rings. The SMILES string of the molecule is OCCC1CCCCCN1Cc1nc(-c2cccc(C(F)(F)F)c2)no1. The quantitative estimate of drug-likeness (QED) is 0.867. The van der Waals surface area contributed by atoms with Gasteiger partial charge in [0.05, 0.1) is 12.1 Å². The lowest BCUT2D eigenvalue weighted by atomic mass is 10.1. The van der Waals surface area contributed by atoms with E-state index in [1.807, 2.05) is 0 Å². The zero-order chi connectivity index (χ0) is 18.6. The van der Waals surface area contributed by atoms with Crippen molar-refractivity contribution >= 4 is 0 Å². The first-order valence-corrected chi connectivity index (χ1v) is 8.82. The molecule has 0 spiro atoms. The fraction of sp³-hybridized carbons (Fsp3) is 0.556. The summed E-state index contributed by atoms with van der Waals surface area (Å²) in [5.74, 6) is 0.530. The van der Waals surface area contributed by atoms with Crippen LogP contribution in [0.4, 0.5) is 13.2 Å². The first-order chi connectivity index (χ1) is 12.5. The van der Waals surface area contributed by atoms with Gasteiger partial charge in [0.1, 0.15) is 0 Å². The van der Waals surface area contributed by atoms with Gasteiger partial charge in [-0.05, 0) is 37.9 Å². The summed E-state index contributed by atoms with van der Waals surface area (Å²) < 4.78 is 43.8. The van der Waals surface area contributed by atoms with Crippen molar-refractivity contribution in [2.24, 2.45) is 0 Å². The molecule has 0 radical (unpaired) electrons. The fourth-order valence-corrected chi connectivity index (χ4v) is 3.37. The maximum absolute atomic E-state index is 12.9. The van der Waals surface area contributed by atoms with Gasteiger partial charge >= 0.3 is 6.18 Å². The molecule has 1 aliphatic rings. The van der Waals surface area contributed by atoms with Crippen LogP contribution in [0.25, 0.3) is 11.4 Å². The number of aliphatic hydroxyl groups excluding tert-OH is 1. The first-order valence-electron chi connectivity index (χ1n) is 8.82. The van der Waals surface area contributed by atoms with Crippen molar-refractivity contribution in [2.45, 2.75) is 50.9 Å².